The number of nitrogens with one attached hydrogen (secondary N) is 1. The van der Waals surface area contributed by atoms with E-state index in [4.69, 9.17) is 9.72 Å². The highest BCUT2D eigenvalue weighted by molar-refractivity contribution is 6.04. The first-order valence-electron chi connectivity index (χ1n) is 11.8. The molecular weight excluding hydrogens is 473 g/mol. The summed E-state index contributed by atoms with van der Waals surface area (Å²) in [6, 6.07) is 11.3. The Morgan fingerprint density at radius 1 is 1.19 bits per heavy atom. The Bertz CT molecular complexity index is 1550. The summed E-state index contributed by atoms with van der Waals surface area (Å²) in [6.45, 7) is 2.28. The van der Waals surface area contributed by atoms with Crippen molar-refractivity contribution in [2.24, 2.45) is 0 Å². The van der Waals surface area contributed by atoms with Crippen molar-refractivity contribution >= 4 is 23.0 Å². The lowest BCUT2D eigenvalue weighted by molar-refractivity contribution is -0.126. The monoisotopic (exact) mass is 497 g/mol. The Kier molecular flexibility index (Phi) is 6.56. The molecule has 0 spiro atoms. The normalized spacial score (nSPS) is 14.8. The molecule has 0 aliphatic carbocycles. The van der Waals surface area contributed by atoms with Crippen LogP contribution in [0.5, 0.6) is 5.75 Å². The number of amides is 2. The maximum atomic E-state index is 14.4. The Morgan fingerprint density at radius 2 is 2.00 bits per heavy atom. The molecule has 1 aliphatic heterocycles. The van der Waals surface area contributed by atoms with Crippen molar-refractivity contribution in [2.45, 2.75) is 25.8 Å². The van der Waals surface area contributed by atoms with Crippen molar-refractivity contribution in [3.8, 4) is 28.8 Å². The van der Waals surface area contributed by atoms with E-state index in [1.165, 1.54) is 19.2 Å². The lowest BCUT2D eigenvalue weighted by atomic mass is 10.1. The van der Waals surface area contributed by atoms with Crippen molar-refractivity contribution in [3.63, 3.8) is 0 Å². The molecule has 1 atom stereocenters. The Labute approximate surface area is 213 Å². The van der Waals surface area contributed by atoms with Gasteiger partial charge < -0.3 is 15.0 Å². The third-order valence-corrected chi connectivity index (χ3v) is 6.37. The average molecular weight is 498 g/mol. The molecule has 0 saturated carbocycles. The Balaban J connectivity index is 1.45. The van der Waals surface area contributed by atoms with Gasteiger partial charge >= 0.3 is 0 Å². The number of ether oxygens (including phenoxy) is 1. The zero-order valence-electron chi connectivity index (χ0n) is 20.4. The third-order valence-electron chi connectivity index (χ3n) is 6.37. The number of likely N-dealkylation sites (tertiary alicyclic amines) is 1. The minimum absolute atomic E-state index is 0.0349. The van der Waals surface area contributed by atoms with Gasteiger partial charge in [-0.3, -0.25) is 19.0 Å². The van der Waals surface area contributed by atoms with E-state index in [9.17, 15) is 14.0 Å². The minimum atomic E-state index is -0.635. The Morgan fingerprint density at radius 3 is 2.76 bits per heavy atom. The molecule has 0 radical (unpaired) electrons. The van der Waals surface area contributed by atoms with Crippen LogP contribution in [-0.4, -0.2) is 44.7 Å². The van der Waals surface area contributed by atoms with Crippen LogP contribution in [0.25, 0.3) is 16.8 Å². The molecule has 2 aromatic carbocycles. The van der Waals surface area contributed by atoms with Gasteiger partial charge in [0.25, 0.3) is 11.8 Å². The number of imidazole rings is 1. The number of anilines is 1. The molecule has 2 amide bonds. The predicted octanol–water partition coefficient (Wildman–Crippen LogP) is 4.48. The highest BCUT2D eigenvalue weighted by Gasteiger charge is 2.33. The fourth-order valence-corrected chi connectivity index (χ4v) is 4.61. The zero-order valence-corrected chi connectivity index (χ0v) is 20.4. The van der Waals surface area contributed by atoms with E-state index in [0.29, 0.717) is 17.8 Å². The zero-order chi connectivity index (χ0) is 25.9. The number of aromatic nitrogens is 3. The van der Waals surface area contributed by atoms with Crippen LogP contribution in [0, 0.1) is 17.7 Å². The highest BCUT2D eigenvalue weighted by atomic mass is 19.1. The van der Waals surface area contributed by atoms with Gasteiger partial charge in [-0.15, -0.1) is 0 Å². The first-order valence-corrected chi connectivity index (χ1v) is 11.8. The summed E-state index contributed by atoms with van der Waals surface area (Å²) in [7, 11) is 1.37. The number of halogens is 1. The van der Waals surface area contributed by atoms with Gasteiger partial charge in [0.1, 0.15) is 5.82 Å². The quantitative estimate of drug-likeness (QED) is 0.411. The second-order valence-corrected chi connectivity index (χ2v) is 8.54. The summed E-state index contributed by atoms with van der Waals surface area (Å²) in [6.07, 6.45) is 6.90. The second-order valence-electron chi connectivity index (χ2n) is 8.54. The smallest absolute Gasteiger partial charge is 0.299 e. The molecule has 1 aliphatic rings. The highest BCUT2D eigenvalue weighted by Crippen LogP contribution is 2.35. The molecule has 3 heterocycles. The van der Waals surface area contributed by atoms with Crippen molar-refractivity contribution in [1.82, 2.24) is 19.3 Å². The molecule has 0 bridgehead atoms. The maximum Gasteiger partial charge on any atom is 0.299 e. The average Bonchev–Trinajstić information content (AvgIpc) is 3.55. The lowest BCUT2D eigenvalue weighted by Gasteiger charge is -2.21. The number of nitrogens with zero attached hydrogens (tertiary/aromatic N) is 4. The number of fused-ring (bicyclic) bond motifs is 1. The lowest BCUT2D eigenvalue weighted by Crippen LogP contribution is -2.30. The van der Waals surface area contributed by atoms with Gasteiger partial charge in [0.2, 0.25) is 0 Å². The molecule has 1 saturated heterocycles. The summed E-state index contributed by atoms with van der Waals surface area (Å²) in [5, 5.41) is 2.58. The molecule has 8 nitrogen and oxygen atoms in total. The van der Waals surface area contributed by atoms with Crippen LogP contribution in [0.15, 0.2) is 61.1 Å². The standard InChI is InChI=1S/C28H24FN5O3/c1-3-6-24(35)33-15-5-8-21(33)27-32-26(22-17-30-14-16-34(22)27)18-10-12-19(13-11-18)28(36)31-20-7-4-9-23(37-2)25(20)29/h4,7,9-14,16-17,21H,5,8,15H2,1-2H3,(H,31,36)/t21-/m0/s1. The van der Waals surface area contributed by atoms with Crippen molar-refractivity contribution < 1.29 is 18.7 Å². The van der Waals surface area contributed by atoms with E-state index in [1.54, 1.807) is 54.5 Å². The first kappa shape index (κ1) is 24.0. The molecule has 9 heteroatoms. The van der Waals surface area contributed by atoms with Gasteiger partial charge in [-0.2, -0.15) is 0 Å². The fourth-order valence-electron chi connectivity index (χ4n) is 4.61. The number of benzene rings is 2. The van der Waals surface area contributed by atoms with Gasteiger partial charge in [0.15, 0.2) is 11.6 Å². The third kappa shape index (κ3) is 4.49. The fraction of sp³-hybridized carbons (Fsp3) is 0.214. The van der Waals surface area contributed by atoms with Gasteiger partial charge in [-0.25, -0.2) is 9.37 Å². The largest absolute Gasteiger partial charge is 0.494 e. The topological polar surface area (TPSA) is 88.8 Å². The number of carbonyl (C=O) groups excluding carboxylic acids is 2. The van der Waals surface area contributed by atoms with E-state index in [-0.39, 0.29) is 23.4 Å². The van der Waals surface area contributed by atoms with Gasteiger partial charge in [0.05, 0.1) is 36.2 Å². The van der Waals surface area contributed by atoms with Crippen LogP contribution >= 0.6 is 0 Å². The van der Waals surface area contributed by atoms with Crippen molar-refractivity contribution in [2.75, 3.05) is 19.0 Å². The van der Waals surface area contributed by atoms with Crippen LogP contribution in [0.3, 0.4) is 0 Å². The number of methoxy groups -OCH3 is 1. The Hall–Kier alpha value is -4.71. The molecule has 2 aromatic heterocycles. The van der Waals surface area contributed by atoms with Gasteiger partial charge in [-0.1, -0.05) is 24.1 Å². The maximum absolute atomic E-state index is 14.4. The number of rotatable bonds is 5. The van der Waals surface area contributed by atoms with Crippen LogP contribution in [0.4, 0.5) is 10.1 Å². The number of hydrogen-bond acceptors (Lipinski definition) is 5. The second kappa shape index (κ2) is 10.1. The first-order chi connectivity index (χ1) is 18.0. The SMILES string of the molecule is CC#CC(=O)N1CCC[C@H]1c1nc(-c2ccc(C(=O)Nc3cccc(OC)c3F)cc2)c2cnccn12. The van der Waals surface area contributed by atoms with Crippen LogP contribution in [-0.2, 0) is 4.79 Å². The summed E-state index contributed by atoms with van der Waals surface area (Å²) in [5.74, 6) is 4.82. The molecule has 1 fully saturated rings. The predicted molar refractivity (Wildman–Crippen MR) is 136 cm³/mol. The van der Waals surface area contributed by atoms with E-state index >= 15 is 0 Å². The summed E-state index contributed by atoms with van der Waals surface area (Å²) in [4.78, 5) is 36.3. The molecule has 4 aromatic rings. The van der Waals surface area contributed by atoms with E-state index < -0.39 is 11.7 Å². The molecule has 5 rings (SSSR count). The minimum Gasteiger partial charge on any atom is -0.494 e. The number of hydrogen-bond donors (Lipinski definition) is 1. The molecule has 37 heavy (non-hydrogen) atoms. The summed E-state index contributed by atoms with van der Waals surface area (Å²) in [5.41, 5.74) is 2.65. The van der Waals surface area contributed by atoms with Crippen LogP contribution in [0.2, 0.25) is 0 Å². The van der Waals surface area contributed by atoms with Crippen LogP contribution < -0.4 is 10.1 Å². The van der Waals surface area contributed by atoms with Crippen molar-refractivity contribution in [1.29, 1.82) is 0 Å². The molecule has 0 unspecified atom stereocenters. The van der Waals surface area contributed by atoms with E-state index in [1.807, 2.05) is 10.6 Å². The summed E-state index contributed by atoms with van der Waals surface area (Å²) >= 11 is 0. The van der Waals surface area contributed by atoms with E-state index in [0.717, 1.165) is 29.7 Å². The summed E-state index contributed by atoms with van der Waals surface area (Å²) < 4.78 is 21.4. The molecule has 186 valence electrons. The molecule has 1 N–H and O–H groups in total. The van der Waals surface area contributed by atoms with Gasteiger partial charge in [-0.05, 0) is 50.0 Å². The number of carbonyl (C=O) groups is 2. The van der Waals surface area contributed by atoms with Gasteiger partial charge in [0, 0.05) is 30.1 Å². The van der Waals surface area contributed by atoms with Crippen LogP contribution in [0.1, 0.15) is 42.0 Å². The van der Waals surface area contributed by atoms with E-state index in [2.05, 4.69) is 22.1 Å². The molecular formula is C28H24FN5O3. The van der Waals surface area contributed by atoms with Crippen molar-refractivity contribution in [3.05, 3.63) is 78.3 Å².